The van der Waals surface area contributed by atoms with Gasteiger partial charge in [0.15, 0.2) is 0 Å². The summed E-state index contributed by atoms with van der Waals surface area (Å²) < 4.78 is 0. The molecule has 4 N–H and O–H groups in total. The van der Waals surface area contributed by atoms with Gasteiger partial charge in [0.2, 0.25) is 0 Å². The summed E-state index contributed by atoms with van der Waals surface area (Å²) in [5.74, 6) is 0.782. The highest BCUT2D eigenvalue weighted by Crippen LogP contribution is 2.33. The van der Waals surface area contributed by atoms with Gasteiger partial charge in [-0.15, -0.1) is 0 Å². The molecule has 0 amide bonds. The van der Waals surface area contributed by atoms with Crippen LogP contribution < -0.4 is 16.6 Å². The van der Waals surface area contributed by atoms with Gasteiger partial charge in [0.25, 0.3) is 0 Å². The monoisotopic (exact) mass is 259 g/mol. The fourth-order valence-corrected chi connectivity index (χ4v) is 3.42. The zero-order chi connectivity index (χ0) is 13.2. The predicted octanol–water partition coefficient (Wildman–Crippen LogP) is 2.60. The van der Waals surface area contributed by atoms with Crippen molar-refractivity contribution in [2.75, 3.05) is 0 Å². The maximum Gasteiger partial charge on any atom is 0.0629 e. The molecule has 0 radical (unpaired) electrons. The first-order valence-electron chi connectivity index (χ1n) is 7.62. The molecule has 3 unspecified atom stereocenters. The summed E-state index contributed by atoms with van der Waals surface area (Å²) in [6.07, 6.45) is 6.92. The van der Waals surface area contributed by atoms with Gasteiger partial charge in [0, 0.05) is 12.1 Å². The van der Waals surface area contributed by atoms with Crippen LogP contribution in [0.25, 0.3) is 0 Å². The molecule has 3 nitrogen and oxygen atoms in total. The number of nitrogens with one attached hydrogen (secondary N) is 2. The molecule has 3 rings (SSSR count). The molecule has 0 bridgehead atoms. The summed E-state index contributed by atoms with van der Waals surface area (Å²) in [7, 11) is 0. The van der Waals surface area contributed by atoms with Crippen LogP contribution in [0, 0.1) is 0 Å². The third-order valence-electron chi connectivity index (χ3n) is 4.80. The average molecular weight is 259 g/mol. The van der Waals surface area contributed by atoms with Crippen molar-refractivity contribution in [1.82, 2.24) is 10.9 Å². The minimum atomic E-state index is 0.139. The third kappa shape index (κ3) is 2.69. The highest BCUT2D eigenvalue weighted by molar-refractivity contribution is 5.29. The van der Waals surface area contributed by atoms with E-state index >= 15 is 0 Å². The molecule has 2 aliphatic rings. The van der Waals surface area contributed by atoms with Crippen molar-refractivity contribution in [3.05, 3.63) is 35.4 Å². The van der Waals surface area contributed by atoms with E-state index in [9.17, 15) is 0 Å². The molecule has 1 aromatic rings. The molecule has 2 fully saturated rings. The van der Waals surface area contributed by atoms with E-state index in [0.29, 0.717) is 6.04 Å². The van der Waals surface area contributed by atoms with Crippen LogP contribution in [0.4, 0.5) is 0 Å². The van der Waals surface area contributed by atoms with Gasteiger partial charge >= 0.3 is 0 Å². The summed E-state index contributed by atoms with van der Waals surface area (Å²) in [5.41, 5.74) is 15.5. The summed E-state index contributed by atoms with van der Waals surface area (Å²) >= 11 is 0. The highest BCUT2D eigenvalue weighted by atomic mass is 15.4. The lowest BCUT2D eigenvalue weighted by molar-refractivity contribution is 0.443. The van der Waals surface area contributed by atoms with Gasteiger partial charge in [-0.05, 0) is 36.8 Å². The Kier molecular flexibility index (Phi) is 3.87. The molecule has 1 saturated carbocycles. The lowest BCUT2D eigenvalue weighted by Crippen LogP contribution is -2.35. The molecular formula is C16H25N3. The van der Waals surface area contributed by atoms with Crippen LogP contribution in [0.2, 0.25) is 0 Å². The summed E-state index contributed by atoms with van der Waals surface area (Å²) in [5, 5.41) is 0. The smallest absolute Gasteiger partial charge is 0.0629 e. The molecule has 3 heteroatoms. The van der Waals surface area contributed by atoms with Gasteiger partial charge in [0.1, 0.15) is 0 Å². The van der Waals surface area contributed by atoms with E-state index < -0.39 is 0 Å². The van der Waals surface area contributed by atoms with E-state index in [1.807, 2.05) is 0 Å². The lowest BCUT2D eigenvalue weighted by atomic mass is 9.83. The average Bonchev–Trinajstić information content (AvgIpc) is 2.80. The second kappa shape index (κ2) is 5.61. The molecular weight excluding hydrogens is 234 g/mol. The molecule has 1 aromatic carbocycles. The van der Waals surface area contributed by atoms with Crippen molar-refractivity contribution in [1.29, 1.82) is 0 Å². The maximum atomic E-state index is 6.21. The van der Waals surface area contributed by atoms with Crippen LogP contribution in [-0.4, -0.2) is 12.1 Å². The Morgan fingerprint density at radius 3 is 2.16 bits per heavy atom. The Bertz CT molecular complexity index is 409. The molecule has 104 valence electrons. The Morgan fingerprint density at radius 2 is 1.58 bits per heavy atom. The number of hydrogen-bond acceptors (Lipinski definition) is 3. The second-order valence-corrected chi connectivity index (χ2v) is 6.13. The number of hydrogen-bond donors (Lipinski definition) is 3. The zero-order valence-corrected chi connectivity index (χ0v) is 11.7. The van der Waals surface area contributed by atoms with Gasteiger partial charge < -0.3 is 5.73 Å². The van der Waals surface area contributed by atoms with Gasteiger partial charge in [-0.25, -0.2) is 5.43 Å². The Hall–Kier alpha value is -0.900. The van der Waals surface area contributed by atoms with E-state index in [4.69, 9.17) is 5.73 Å². The first-order valence-corrected chi connectivity index (χ1v) is 7.62. The van der Waals surface area contributed by atoms with Gasteiger partial charge in [-0.3, -0.25) is 5.43 Å². The summed E-state index contributed by atoms with van der Waals surface area (Å²) in [6.45, 7) is 2.12. The predicted molar refractivity (Wildman–Crippen MR) is 78.7 cm³/mol. The van der Waals surface area contributed by atoms with Crippen LogP contribution in [0.1, 0.15) is 62.1 Å². The van der Waals surface area contributed by atoms with Gasteiger partial charge in [-0.2, -0.15) is 0 Å². The maximum absolute atomic E-state index is 6.21. The van der Waals surface area contributed by atoms with Crippen LogP contribution in [-0.2, 0) is 0 Å². The van der Waals surface area contributed by atoms with Crippen LogP contribution in [0.3, 0.4) is 0 Å². The standard InChI is InChI=1S/C16H25N3/c1-11-15(17)16(19-18-11)14-9-7-13(8-10-14)12-5-3-2-4-6-12/h7-12,15-16,18-19H,2-6,17H2,1H3. The van der Waals surface area contributed by atoms with E-state index in [-0.39, 0.29) is 12.1 Å². The number of nitrogens with two attached hydrogens (primary N) is 1. The molecule has 3 atom stereocenters. The van der Waals surface area contributed by atoms with E-state index in [2.05, 4.69) is 42.0 Å². The first kappa shape index (κ1) is 13.1. The largest absolute Gasteiger partial charge is 0.325 e. The molecule has 0 aromatic heterocycles. The van der Waals surface area contributed by atoms with Crippen molar-refractivity contribution >= 4 is 0 Å². The van der Waals surface area contributed by atoms with Gasteiger partial charge in [-0.1, -0.05) is 43.5 Å². The highest BCUT2D eigenvalue weighted by Gasteiger charge is 2.30. The third-order valence-corrected chi connectivity index (χ3v) is 4.80. The van der Waals surface area contributed by atoms with Crippen molar-refractivity contribution < 1.29 is 0 Å². The van der Waals surface area contributed by atoms with E-state index in [0.717, 1.165) is 5.92 Å². The Labute approximate surface area is 115 Å². The first-order chi connectivity index (χ1) is 9.25. The minimum absolute atomic E-state index is 0.139. The summed E-state index contributed by atoms with van der Waals surface area (Å²) in [6, 6.07) is 9.81. The van der Waals surface area contributed by atoms with E-state index in [1.165, 1.54) is 43.2 Å². The lowest BCUT2D eigenvalue weighted by Gasteiger charge is -2.23. The fraction of sp³-hybridized carbons (Fsp3) is 0.625. The molecule has 1 aliphatic carbocycles. The summed E-state index contributed by atoms with van der Waals surface area (Å²) in [4.78, 5) is 0. The van der Waals surface area contributed by atoms with E-state index in [1.54, 1.807) is 0 Å². The van der Waals surface area contributed by atoms with Crippen molar-refractivity contribution in [2.45, 2.75) is 63.1 Å². The molecule has 1 saturated heterocycles. The normalized spacial score (nSPS) is 32.6. The number of benzene rings is 1. The fourth-order valence-electron chi connectivity index (χ4n) is 3.42. The van der Waals surface area contributed by atoms with Crippen LogP contribution in [0.5, 0.6) is 0 Å². The second-order valence-electron chi connectivity index (χ2n) is 6.13. The SMILES string of the molecule is CC1NNC(c2ccc(C3CCCCC3)cc2)C1N. The van der Waals surface area contributed by atoms with Crippen LogP contribution >= 0.6 is 0 Å². The zero-order valence-electron chi connectivity index (χ0n) is 11.7. The topological polar surface area (TPSA) is 50.1 Å². The number of rotatable bonds is 2. The minimum Gasteiger partial charge on any atom is -0.325 e. The number of hydrazine groups is 1. The molecule has 1 aliphatic heterocycles. The molecule has 19 heavy (non-hydrogen) atoms. The van der Waals surface area contributed by atoms with Crippen molar-refractivity contribution in [3.63, 3.8) is 0 Å². The van der Waals surface area contributed by atoms with Crippen LogP contribution in [0.15, 0.2) is 24.3 Å². The Morgan fingerprint density at radius 1 is 0.947 bits per heavy atom. The molecule has 1 heterocycles. The quantitative estimate of drug-likeness (QED) is 0.765. The molecule has 0 spiro atoms. The van der Waals surface area contributed by atoms with Gasteiger partial charge in [0.05, 0.1) is 6.04 Å². The van der Waals surface area contributed by atoms with Crippen molar-refractivity contribution in [3.8, 4) is 0 Å². The Balaban J connectivity index is 1.72. The van der Waals surface area contributed by atoms with Crippen molar-refractivity contribution in [2.24, 2.45) is 5.73 Å².